The normalized spacial score (nSPS) is 10.3. The summed E-state index contributed by atoms with van der Waals surface area (Å²) >= 11 is 5.67. The standard InChI is InChI=1S/C11H8ClNO2/c1-7-3-2-4-8(5-7)10-9(6-14)11(12)15-13-10/h2-6H,1H3. The van der Waals surface area contributed by atoms with Gasteiger partial charge >= 0.3 is 0 Å². The molecule has 76 valence electrons. The molecule has 0 spiro atoms. The molecule has 0 aliphatic carbocycles. The van der Waals surface area contributed by atoms with Crippen molar-refractivity contribution in [2.45, 2.75) is 6.92 Å². The van der Waals surface area contributed by atoms with Crippen LogP contribution in [-0.2, 0) is 0 Å². The molecule has 0 atom stereocenters. The average Bonchev–Trinajstić information content (AvgIpc) is 2.59. The first-order chi connectivity index (χ1) is 7.22. The van der Waals surface area contributed by atoms with Gasteiger partial charge in [-0.25, -0.2) is 0 Å². The highest BCUT2D eigenvalue weighted by molar-refractivity contribution is 6.31. The smallest absolute Gasteiger partial charge is 0.237 e. The Bertz CT molecular complexity index is 505. The molecule has 15 heavy (non-hydrogen) atoms. The monoisotopic (exact) mass is 221 g/mol. The Kier molecular flexibility index (Phi) is 2.56. The number of aromatic nitrogens is 1. The van der Waals surface area contributed by atoms with Gasteiger partial charge in [-0.1, -0.05) is 28.9 Å². The molecular weight excluding hydrogens is 214 g/mol. The van der Waals surface area contributed by atoms with Crippen molar-refractivity contribution in [2.24, 2.45) is 0 Å². The summed E-state index contributed by atoms with van der Waals surface area (Å²) in [5.74, 6) is 0. The summed E-state index contributed by atoms with van der Waals surface area (Å²) < 4.78 is 4.76. The number of hydrogen-bond donors (Lipinski definition) is 0. The highest BCUT2D eigenvalue weighted by Gasteiger charge is 2.14. The largest absolute Gasteiger partial charge is 0.343 e. The van der Waals surface area contributed by atoms with E-state index in [9.17, 15) is 4.79 Å². The Morgan fingerprint density at radius 2 is 2.27 bits per heavy atom. The number of aryl methyl sites for hydroxylation is 1. The Morgan fingerprint density at radius 3 is 2.93 bits per heavy atom. The van der Waals surface area contributed by atoms with Crippen LogP contribution in [0.4, 0.5) is 0 Å². The number of rotatable bonds is 2. The minimum atomic E-state index is 0.0292. The molecule has 0 radical (unpaired) electrons. The van der Waals surface area contributed by atoms with E-state index in [4.69, 9.17) is 16.1 Å². The summed E-state index contributed by atoms with van der Waals surface area (Å²) in [6, 6.07) is 7.63. The number of nitrogens with zero attached hydrogens (tertiary/aromatic N) is 1. The molecule has 1 aromatic heterocycles. The molecule has 0 saturated heterocycles. The number of hydrogen-bond acceptors (Lipinski definition) is 3. The minimum absolute atomic E-state index is 0.0292. The molecular formula is C11H8ClNO2. The highest BCUT2D eigenvalue weighted by atomic mass is 35.5. The molecule has 0 amide bonds. The molecule has 0 aliphatic heterocycles. The number of carbonyl (C=O) groups excluding carboxylic acids is 1. The molecule has 0 N–H and O–H groups in total. The summed E-state index contributed by atoms with van der Waals surface area (Å²) in [6.07, 6.45) is 0.649. The summed E-state index contributed by atoms with van der Waals surface area (Å²) in [7, 11) is 0. The van der Waals surface area contributed by atoms with Crippen LogP contribution >= 0.6 is 11.6 Å². The zero-order valence-electron chi connectivity index (χ0n) is 8.03. The van der Waals surface area contributed by atoms with Crippen LogP contribution in [0.5, 0.6) is 0 Å². The minimum Gasteiger partial charge on any atom is -0.343 e. The average molecular weight is 222 g/mol. The molecule has 0 unspecified atom stereocenters. The van der Waals surface area contributed by atoms with Crippen LogP contribution in [0.3, 0.4) is 0 Å². The second-order valence-corrected chi connectivity index (χ2v) is 3.55. The zero-order chi connectivity index (χ0) is 10.8. The fourth-order valence-corrected chi connectivity index (χ4v) is 1.55. The lowest BCUT2D eigenvalue weighted by atomic mass is 10.1. The van der Waals surface area contributed by atoms with Gasteiger partial charge in [0.25, 0.3) is 0 Å². The Labute approximate surface area is 91.6 Å². The van der Waals surface area contributed by atoms with Crippen LogP contribution in [-0.4, -0.2) is 11.4 Å². The van der Waals surface area contributed by atoms with Crippen LogP contribution in [0.25, 0.3) is 11.3 Å². The molecule has 0 aliphatic rings. The van der Waals surface area contributed by atoms with Crippen molar-refractivity contribution in [1.82, 2.24) is 5.16 Å². The lowest BCUT2D eigenvalue weighted by Gasteiger charge is -1.97. The molecule has 0 saturated carbocycles. The summed E-state index contributed by atoms with van der Waals surface area (Å²) in [5.41, 5.74) is 2.69. The van der Waals surface area contributed by atoms with Gasteiger partial charge in [0.1, 0.15) is 11.3 Å². The van der Waals surface area contributed by atoms with Gasteiger partial charge in [-0.3, -0.25) is 4.79 Å². The van der Waals surface area contributed by atoms with Crippen molar-refractivity contribution in [1.29, 1.82) is 0 Å². The lowest BCUT2D eigenvalue weighted by Crippen LogP contribution is -1.85. The van der Waals surface area contributed by atoms with E-state index in [1.807, 2.05) is 31.2 Å². The van der Waals surface area contributed by atoms with E-state index in [-0.39, 0.29) is 5.22 Å². The van der Waals surface area contributed by atoms with Gasteiger partial charge in [-0.2, -0.15) is 0 Å². The molecule has 2 rings (SSSR count). The van der Waals surface area contributed by atoms with Gasteiger partial charge in [0.15, 0.2) is 6.29 Å². The molecule has 0 fully saturated rings. The van der Waals surface area contributed by atoms with Crippen molar-refractivity contribution in [3.05, 3.63) is 40.6 Å². The second-order valence-electron chi connectivity index (χ2n) is 3.21. The van der Waals surface area contributed by atoms with E-state index in [1.165, 1.54) is 0 Å². The fourth-order valence-electron chi connectivity index (χ4n) is 1.38. The van der Waals surface area contributed by atoms with Crippen molar-refractivity contribution in [3.8, 4) is 11.3 Å². The summed E-state index contributed by atoms with van der Waals surface area (Å²) in [4.78, 5) is 10.8. The van der Waals surface area contributed by atoms with Crippen LogP contribution in [0, 0.1) is 6.92 Å². The van der Waals surface area contributed by atoms with Crippen molar-refractivity contribution >= 4 is 17.9 Å². The number of carbonyl (C=O) groups is 1. The van der Waals surface area contributed by atoms with E-state index < -0.39 is 0 Å². The highest BCUT2D eigenvalue weighted by Crippen LogP contribution is 2.27. The Hall–Kier alpha value is -1.61. The first-order valence-electron chi connectivity index (χ1n) is 4.40. The van der Waals surface area contributed by atoms with Crippen LogP contribution in [0.2, 0.25) is 5.22 Å². The van der Waals surface area contributed by atoms with E-state index in [1.54, 1.807) is 0 Å². The van der Waals surface area contributed by atoms with Gasteiger partial charge in [0.2, 0.25) is 5.22 Å². The first-order valence-corrected chi connectivity index (χ1v) is 4.77. The molecule has 4 heteroatoms. The van der Waals surface area contributed by atoms with Gasteiger partial charge < -0.3 is 4.52 Å². The molecule has 0 bridgehead atoms. The maximum Gasteiger partial charge on any atom is 0.237 e. The van der Waals surface area contributed by atoms with E-state index >= 15 is 0 Å². The predicted octanol–water partition coefficient (Wildman–Crippen LogP) is 3.12. The molecule has 2 aromatic rings. The number of aldehydes is 1. The summed E-state index contributed by atoms with van der Waals surface area (Å²) in [6.45, 7) is 1.96. The van der Waals surface area contributed by atoms with Gasteiger partial charge in [-0.05, 0) is 24.6 Å². The van der Waals surface area contributed by atoms with Gasteiger partial charge in [0, 0.05) is 5.56 Å². The molecule has 1 aromatic carbocycles. The first kappa shape index (κ1) is 9.93. The van der Waals surface area contributed by atoms with E-state index in [2.05, 4.69) is 5.16 Å². The third-order valence-corrected chi connectivity index (χ3v) is 2.37. The van der Waals surface area contributed by atoms with Crippen molar-refractivity contribution in [3.63, 3.8) is 0 Å². The van der Waals surface area contributed by atoms with Crippen molar-refractivity contribution < 1.29 is 9.32 Å². The summed E-state index contributed by atoms with van der Waals surface area (Å²) in [5, 5.41) is 3.79. The van der Waals surface area contributed by atoms with E-state index in [0.717, 1.165) is 11.1 Å². The Morgan fingerprint density at radius 1 is 1.47 bits per heavy atom. The predicted molar refractivity (Wildman–Crippen MR) is 57.1 cm³/mol. The quantitative estimate of drug-likeness (QED) is 0.732. The van der Waals surface area contributed by atoms with Crippen LogP contribution < -0.4 is 0 Å². The van der Waals surface area contributed by atoms with E-state index in [0.29, 0.717) is 17.5 Å². The fraction of sp³-hybridized carbons (Fsp3) is 0.0909. The van der Waals surface area contributed by atoms with Crippen LogP contribution in [0.1, 0.15) is 15.9 Å². The molecule has 3 nitrogen and oxygen atoms in total. The number of halogens is 1. The van der Waals surface area contributed by atoms with Crippen molar-refractivity contribution in [2.75, 3.05) is 0 Å². The molecule has 1 heterocycles. The Balaban J connectivity index is 2.58. The number of benzene rings is 1. The second kappa shape index (κ2) is 3.87. The maximum atomic E-state index is 10.8. The van der Waals surface area contributed by atoms with Gasteiger partial charge in [-0.15, -0.1) is 0 Å². The van der Waals surface area contributed by atoms with Crippen LogP contribution in [0.15, 0.2) is 28.8 Å². The zero-order valence-corrected chi connectivity index (χ0v) is 8.78. The maximum absolute atomic E-state index is 10.8. The third kappa shape index (κ3) is 1.78. The lowest BCUT2D eigenvalue weighted by molar-refractivity contribution is 0.112. The third-order valence-electron chi connectivity index (χ3n) is 2.09. The van der Waals surface area contributed by atoms with Gasteiger partial charge in [0.05, 0.1) is 0 Å². The SMILES string of the molecule is Cc1cccc(-c2noc(Cl)c2C=O)c1. The topological polar surface area (TPSA) is 43.1 Å².